The van der Waals surface area contributed by atoms with Crippen LogP contribution in [0.25, 0.3) is 0 Å². The third kappa shape index (κ3) is 2.50. The molecular weight excluding hydrogens is 273 g/mol. The van der Waals surface area contributed by atoms with Gasteiger partial charge in [-0.1, -0.05) is 0 Å². The van der Waals surface area contributed by atoms with E-state index in [4.69, 9.17) is 5.26 Å². The van der Waals surface area contributed by atoms with Gasteiger partial charge in [-0.2, -0.15) is 5.26 Å². The van der Waals surface area contributed by atoms with E-state index in [1.807, 2.05) is 0 Å². The topological polar surface area (TPSA) is 50.1 Å². The summed E-state index contributed by atoms with van der Waals surface area (Å²) >= 11 is 0. The number of rotatable bonds is 3. The fraction of sp³-hybridized carbons (Fsp3) is 0.273. The second kappa shape index (κ2) is 5.65. The minimum atomic E-state index is -2.36. The van der Waals surface area contributed by atoms with Crippen LogP contribution in [0.1, 0.15) is 18.4 Å². The van der Waals surface area contributed by atoms with Crippen LogP contribution in [0.5, 0.6) is 0 Å². The molecule has 0 N–H and O–H groups in total. The second-order valence-electron chi connectivity index (χ2n) is 3.30. The molecule has 102 valence electrons. The fourth-order valence-corrected chi connectivity index (χ4v) is 1.34. The van der Waals surface area contributed by atoms with E-state index in [1.165, 1.54) is 6.92 Å². The number of hydrogen-bond donors (Lipinski definition) is 0. The molecule has 19 heavy (non-hydrogen) atoms. The molecule has 0 aliphatic rings. The van der Waals surface area contributed by atoms with Crippen molar-refractivity contribution in [1.29, 1.82) is 5.26 Å². The third-order valence-electron chi connectivity index (χ3n) is 2.18. The van der Waals surface area contributed by atoms with Crippen molar-refractivity contribution < 1.29 is 31.5 Å². The lowest BCUT2D eigenvalue weighted by Gasteiger charge is -2.12. The lowest BCUT2D eigenvalue weighted by atomic mass is 9.98. The summed E-state index contributed by atoms with van der Waals surface area (Å²) in [7, 11) is 0. The summed E-state index contributed by atoms with van der Waals surface area (Å²) in [6.07, 6.45) is 0. The standard InChI is InChI=1S/C11H6F5NO2/c1-2-19-11(18)4(3-17)5-6(12)8(14)10(16)9(15)7(5)13/h4H,2H2,1H3/t4-/m0/s1. The van der Waals surface area contributed by atoms with E-state index in [0.717, 1.165) is 6.07 Å². The van der Waals surface area contributed by atoms with Crippen LogP contribution in [-0.2, 0) is 9.53 Å². The molecule has 8 heteroatoms. The Hall–Kier alpha value is -2.17. The molecule has 0 radical (unpaired) electrons. The van der Waals surface area contributed by atoms with Crippen LogP contribution in [0.15, 0.2) is 0 Å². The van der Waals surface area contributed by atoms with Crippen molar-refractivity contribution in [3.63, 3.8) is 0 Å². The first-order valence-corrected chi connectivity index (χ1v) is 4.94. The van der Waals surface area contributed by atoms with Gasteiger partial charge in [0.1, 0.15) is 0 Å². The van der Waals surface area contributed by atoms with E-state index >= 15 is 0 Å². The molecule has 1 atom stereocenters. The first kappa shape index (κ1) is 14.9. The highest BCUT2D eigenvalue weighted by Crippen LogP contribution is 2.29. The Morgan fingerprint density at radius 2 is 1.53 bits per heavy atom. The number of halogens is 5. The van der Waals surface area contributed by atoms with Crippen LogP contribution in [0.3, 0.4) is 0 Å². The normalized spacial score (nSPS) is 11.8. The largest absolute Gasteiger partial charge is 0.465 e. The molecule has 3 nitrogen and oxygen atoms in total. The van der Waals surface area contributed by atoms with Gasteiger partial charge in [-0.15, -0.1) is 0 Å². The van der Waals surface area contributed by atoms with E-state index in [0.29, 0.717) is 0 Å². The highest BCUT2D eigenvalue weighted by Gasteiger charge is 2.34. The first-order valence-electron chi connectivity index (χ1n) is 4.94. The highest BCUT2D eigenvalue weighted by atomic mass is 19.2. The van der Waals surface area contributed by atoms with E-state index in [2.05, 4.69) is 4.74 Å². The van der Waals surface area contributed by atoms with Gasteiger partial charge in [0.05, 0.1) is 18.2 Å². The first-order chi connectivity index (χ1) is 8.86. The summed E-state index contributed by atoms with van der Waals surface area (Å²) in [6, 6.07) is 1.15. The molecule has 1 aromatic rings. The molecule has 0 bridgehead atoms. The maximum atomic E-state index is 13.4. The molecule has 0 amide bonds. The summed E-state index contributed by atoms with van der Waals surface area (Å²) < 4.78 is 69.7. The number of carbonyl (C=O) groups is 1. The molecule has 1 rings (SSSR count). The van der Waals surface area contributed by atoms with E-state index in [9.17, 15) is 26.7 Å². The zero-order chi connectivity index (χ0) is 14.7. The molecule has 0 aliphatic heterocycles. The van der Waals surface area contributed by atoms with Crippen molar-refractivity contribution in [1.82, 2.24) is 0 Å². The van der Waals surface area contributed by atoms with Crippen LogP contribution >= 0.6 is 0 Å². The Labute approximate surface area is 104 Å². The smallest absolute Gasteiger partial charge is 0.328 e. The zero-order valence-electron chi connectivity index (χ0n) is 9.44. The Morgan fingerprint density at radius 3 is 1.89 bits per heavy atom. The number of nitrogens with zero attached hydrogens (tertiary/aromatic N) is 1. The van der Waals surface area contributed by atoms with Gasteiger partial charge in [-0.25, -0.2) is 22.0 Å². The predicted octanol–water partition coefficient (Wildman–Crippen LogP) is 2.55. The number of esters is 1. The minimum Gasteiger partial charge on any atom is -0.465 e. The maximum absolute atomic E-state index is 13.4. The van der Waals surface area contributed by atoms with Gasteiger partial charge in [-0.3, -0.25) is 4.79 Å². The van der Waals surface area contributed by atoms with Crippen LogP contribution in [0, 0.1) is 40.4 Å². The second-order valence-corrected chi connectivity index (χ2v) is 3.30. The summed E-state index contributed by atoms with van der Waals surface area (Å²) in [6.45, 7) is 1.14. The number of ether oxygens (including phenoxy) is 1. The fourth-order valence-electron chi connectivity index (χ4n) is 1.34. The van der Waals surface area contributed by atoms with Crippen molar-refractivity contribution >= 4 is 5.97 Å². The van der Waals surface area contributed by atoms with E-state index < -0.39 is 46.5 Å². The lowest BCUT2D eigenvalue weighted by Crippen LogP contribution is -2.19. The van der Waals surface area contributed by atoms with E-state index in [1.54, 1.807) is 0 Å². The maximum Gasteiger partial charge on any atom is 0.328 e. The van der Waals surface area contributed by atoms with E-state index in [-0.39, 0.29) is 6.61 Å². The summed E-state index contributed by atoms with van der Waals surface area (Å²) in [4.78, 5) is 11.3. The molecule has 0 fully saturated rings. The quantitative estimate of drug-likeness (QED) is 0.370. The summed E-state index contributed by atoms with van der Waals surface area (Å²) in [5, 5.41) is 8.65. The van der Waals surface area contributed by atoms with Crippen molar-refractivity contribution in [2.45, 2.75) is 12.8 Å². The molecule has 0 saturated heterocycles. The van der Waals surface area contributed by atoms with Crippen LogP contribution in [0.4, 0.5) is 22.0 Å². The molecule has 0 heterocycles. The van der Waals surface area contributed by atoms with Gasteiger partial charge in [0.15, 0.2) is 29.2 Å². The van der Waals surface area contributed by atoms with Gasteiger partial charge < -0.3 is 4.74 Å². The third-order valence-corrected chi connectivity index (χ3v) is 2.18. The zero-order valence-corrected chi connectivity index (χ0v) is 9.44. The Bertz CT molecular complexity index is 538. The lowest BCUT2D eigenvalue weighted by molar-refractivity contribution is -0.143. The van der Waals surface area contributed by atoms with Gasteiger partial charge in [0, 0.05) is 0 Å². The Kier molecular flexibility index (Phi) is 4.43. The Morgan fingerprint density at radius 1 is 1.11 bits per heavy atom. The van der Waals surface area contributed by atoms with Crippen molar-refractivity contribution in [2.75, 3.05) is 6.61 Å². The molecular formula is C11H6F5NO2. The number of nitriles is 1. The monoisotopic (exact) mass is 279 g/mol. The van der Waals surface area contributed by atoms with Crippen LogP contribution < -0.4 is 0 Å². The molecule has 0 aliphatic carbocycles. The summed E-state index contributed by atoms with van der Waals surface area (Å²) in [5.74, 6) is -14.9. The van der Waals surface area contributed by atoms with Crippen molar-refractivity contribution in [3.8, 4) is 6.07 Å². The summed E-state index contributed by atoms with van der Waals surface area (Å²) in [5.41, 5.74) is -1.52. The molecule has 0 spiro atoms. The number of hydrogen-bond acceptors (Lipinski definition) is 3. The van der Waals surface area contributed by atoms with Gasteiger partial charge >= 0.3 is 5.97 Å². The van der Waals surface area contributed by atoms with Crippen LogP contribution in [0.2, 0.25) is 0 Å². The Balaban J connectivity index is 3.50. The molecule has 0 aromatic heterocycles. The van der Waals surface area contributed by atoms with Gasteiger partial charge in [-0.05, 0) is 6.92 Å². The van der Waals surface area contributed by atoms with Crippen LogP contribution in [-0.4, -0.2) is 12.6 Å². The SMILES string of the molecule is CCOC(=O)[C@@H](C#N)c1c(F)c(F)c(F)c(F)c1F. The van der Waals surface area contributed by atoms with Gasteiger partial charge in [0.25, 0.3) is 0 Å². The van der Waals surface area contributed by atoms with Crippen molar-refractivity contribution in [3.05, 3.63) is 34.6 Å². The average Bonchev–Trinajstić information content (AvgIpc) is 2.39. The minimum absolute atomic E-state index is 0.216. The number of carbonyl (C=O) groups excluding carboxylic acids is 1. The predicted molar refractivity (Wildman–Crippen MR) is 51.2 cm³/mol. The molecule has 0 saturated carbocycles. The van der Waals surface area contributed by atoms with Gasteiger partial charge in [0.2, 0.25) is 5.82 Å². The van der Waals surface area contributed by atoms with Crippen molar-refractivity contribution in [2.24, 2.45) is 0 Å². The number of benzene rings is 1. The molecule has 0 unspecified atom stereocenters. The highest BCUT2D eigenvalue weighted by molar-refractivity contribution is 5.81. The average molecular weight is 279 g/mol. The molecule has 1 aromatic carbocycles.